The molecule has 1 saturated carbocycles. The van der Waals surface area contributed by atoms with E-state index in [0.29, 0.717) is 6.04 Å². The van der Waals surface area contributed by atoms with Crippen molar-refractivity contribution < 1.29 is 0 Å². The second-order valence-corrected chi connectivity index (χ2v) is 4.47. The lowest BCUT2D eigenvalue weighted by atomic mass is 10.1. The summed E-state index contributed by atoms with van der Waals surface area (Å²) in [6.45, 7) is 5.39. The number of aryl methyl sites for hydroxylation is 1. The van der Waals surface area contributed by atoms with E-state index in [-0.39, 0.29) is 0 Å². The molecule has 0 amide bonds. The minimum absolute atomic E-state index is 0.602. The van der Waals surface area contributed by atoms with Gasteiger partial charge in [-0.15, -0.1) is 0 Å². The van der Waals surface area contributed by atoms with Crippen LogP contribution in [0, 0.1) is 5.92 Å². The molecule has 0 saturated heterocycles. The van der Waals surface area contributed by atoms with Crippen LogP contribution in [0.15, 0.2) is 12.4 Å². The van der Waals surface area contributed by atoms with Crippen LogP contribution in [-0.4, -0.2) is 15.6 Å². The molecule has 1 unspecified atom stereocenters. The molecule has 1 aliphatic rings. The number of hydrogen-bond donors (Lipinski definition) is 1. The van der Waals surface area contributed by atoms with Crippen molar-refractivity contribution in [3.63, 3.8) is 0 Å². The summed E-state index contributed by atoms with van der Waals surface area (Å²) in [4.78, 5) is 4.35. The largest absolute Gasteiger partial charge is 0.353 e. The Bertz CT molecular complexity index is 302. The van der Waals surface area contributed by atoms with Gasteiger partial charge in [0.15, 0.2) is 0 Å². The predicted octanol–water partition coefficient (Wildman–Crippen LogP) is 2.89. The van der Waals surface area contributed by atoms with Crippen LogP contribution >= 0.6 is 0 Å². The van der Waals surface area contributed by atoms with Gasteiger partial charge in [-0.3, -0.25) is 0 Å². The Kier molecular flexibility index (Phi) is 3.29. The minimum Gasteiger partial charge on any atom is -0.353 e. The second-order valence-electron chi connectivity index (χ2n) is 4.47. The lowest BCUT2D eigenvalue weighted by molar-refractivity contribution is 0.577. The van der Waals surface area contributed by atoms with E-state index in [1.54, 1.807) is 0 Å². The number of aromatic nitrogens is 2. The highest BCUT2D eigenvalue weighted by atomic mass is 15.2. The maximum absolute atomic E-state index is 4.35. The highest BCUT2D eigenvalue weighted by Crippen LogP contribution is 2.34. The maximum atomic E-state index is 4.35. The van der Waals surface area contributed by atoms with Gasteiger partial charge in [-0.1, -0.05) is 19.8 Å². The number of rotatable bonds is 6. The van der Waals surface area contributed by atoms with Crippen LogP contribution in [0.1, 0.15) is 39.5 Å². The highest BCUT2D eigenvalue weighted by Gasteiger charge is 2.25. The molecule has 0 aliphatic heterocycles. The molecule has 1 atom stereocenters. The standard InChI is InChI=1S/C12H21N3/c1-3-11(9-10-5-6-10)14-12-13-7-8-15(12)4-2/h7-8,10-11H,3-6,9H2,1-2H3,(H,13,14). The molecule has 3 nitrogen and oxygen atoms in total. The molecule has 3 heteroatoms. The molecule has 1 aliphatic carbocycles. The second kappa shape index (κ2) is 4.69. The van der Waals surface area contributed by atoms with Crippen molar-refractivity contribution in [2.45, 2.75) is 52.1 Å². The third kappa shape index (κ3) is 2.74. The van der Waals surface area contributed by atoms with Crippen LogP contribution in [0.2, 0.25) is 0 Å². The zero-order chi connectivity index (χ0) is 10.7. The van der Waals surface area contributed by atoms with E-state index < -0.39 is 0 Å². The van der Waals surface area contributed by atoms with E-state index >= 15 is 0 Å². The molecular formula is C12H21N3. The number of imidazole rings is 1. The van der Waals surface area contributed by atoms with Gasteiger partial charge in [0.05, 0.1) is 0 Å². The zero-order valence-corrected chi connectivity index (χ0v) is 9.74. The molecule has 1 heterocycles. The maximum Gasteiger partial charge on any atom is 0.202 e. The first kappa shape index (κ1) is 10.5. The molecule has 84 valence electrons. The van der Waals surface area contributed by atoms with Crippen LogP contribution in [0.3, 0.4) is 0 Å². The monoisotopic (exact) mass is 207 g/mol. The Balaban J connectivity index is 1.92. The Morgan fingerprint density at radius 1 is 1.53 bits per heavy atom. The van der Waals surface area contributed by atoms with Gasteiger partial charge in [0.25, 0.3) is 0 Å². The van der Waals surface area contributed by atoms with Gasteiger partial charge in [-0.2, -0.15) is 0 Å². The van der Waals surface area contributed by atoms with Crippen LogP contribution in [-0.2, 0) is 6.54 Å². The number of nitrogens with one attached hydrogen (secondary N) is 1. The zero-order valence-electron chi connectivity index (χ0n) is 9.74. The fourth-order valence-electron chi connectivity index (χ4n) is 1.97. The molecule has 1 aromatic rings. The van der Waals surface area contributed by atoms with Gasteiger partial charge in [-0.25, -0.2) is 4.98 Å². The van der Waals surface area contributed by atoms with Gasteiger partial charge in [-0.05, 0) is 25.7 Å². The van der Waals surface area contributed by atoms with E-state index in [2.05, 4.69) is 28.7 Å². The van der Waals surface area contributed by atoms with Crippen molar-refractivity contribution >= 4 is 5.95 Å². The first-order valence-electron chi connectivity index (χ1n) is 6.11. The molecule has 1 aromatic heterocycles. The van der Waals surface area contributed by atoms with Gasteiger partial charge >= 0.3 is 0 Å². The van der Waals surface area contributed by atoms with E-state index in [0.717, 1.165) is 18.4 Å². The third-order valence-electron chi connectivity index (χ3n) is 3.20. The Morgan fingerprint density at radius 3 is 2.93 bits per heavy atom. The van der Waals surface area contributed by atoms with Crippen molar-refractivity contribution in [3.8, 4) is 0 Å². The smallest absolute Gasteiger partial charge is 0.202 e. The average Bonchev–Trinajstić information content (AvgIpc) is 2.95. The summed E-state index contributed by atoms with van der Waals surface area (Å²) in [5.74, 6) is 2.01. The van der Waals surface area contributed by atoms with E-state index in [1.807, 2.05) is 12.4 Å². The van der Waals surface area contributed by atoms with Gasteiger partial charge in [0.2, 0.25) is 5.95 Å². The number of hydrogen-bond acceptors (Lipinski definition) is 2. The van der Waals surface area contributed by atoms with Crippen molar-refractivity contribution in [2.24, 2.45) is 5.92 Å². The molecule has 0 bridgehead atoms. The molecule has 1 fully saturated rings. The van der Waals surface area contributed by atoms with E-state index in [4.69, 9.17) is 0 Å². The summed E-state index contributed by atoms with van der Waals surface area (Å²) in [6.07, 6.45) is 9.27. The fraction of sp³-hybridized carbons (Fsp3) is 0.750. The Labute approximate surface area is 91.9 Å². The summed E-state index contributed by atoms with van der Waals surface area (Å²) in [5, 5.41) is 3.55. The van der Waals surface area contributed by atoms with Crippen LogP contribution < -0.4 is 5.32 Å². The summed E-state index contributed by atoms with van der Waals surface area (Å²) >= 11 is 0. The molecule has 0 radical (unpaired) electrons. The quantitative estimate of drug-likeness (QED) is 0.777. The van der Waals surface area contributed by atoms with E-state index in [1.165, 1.54) is 25.7 Å². The average molecular weight is 207 g/mol. The molecular weight excluding hydrogens is 186 g/mol. The first-order valence-corrected chi connectivity index (χ1v) is 6.11. The van der Waals surface area contributed by atoms with Crippen molar-refractivity contribution in [1.82, 2.24) is 9.55 Å². The summed E-state index contributed by atoms with van der Waals surface area (Å²) in [5.41, 5.74) is 0. The predicted molar refractivity (Wildman–Crippen MR) is 62.9 cm³/mol. The normalized spacial score (nSPS) is 17.7. The summed E-state index contributed by atoms with van der Waals surface area (Å²) in [7, 11) is 0. The summed E-state index contributed by atoms with van der Waals surface area (Å²) in [6, 6.07) is 0.602. The topological polar surface area (TPSA) is 29.9 Å². The van der Waals surface area contributed by atoms with Gasteiger partial charge in [0.1, 0.15) is 0 Å². The minimum atomic E-state index is 0.602. The molecule has 2 rings (SSSR count). The van der Waals surface area contributed by atoms with Crippen molar-refractivity contribution in [1.29, 1.82) is 0 Å². The van der Waals surface area contributed by atoms with Crippen molar-refractivity contribution in [2.75, 3.05) is 5.32 Å². The van der Waals surface area contributed by atoms with E-state index in [9.17, 15) is 0 Å². The molecule has 1 N–H and O–H groups in total. The summed E-state index contributed by atoms with van der Waals surface area (Å²) < 4.78 is 2.16. The lowest BCUT2D eigenvalue weighted by Crippen LogP contribution is -2.21. The molecule has 0 spiro atoms. The highest BCUT2D eigenvalue weighted by molar-refractivity contribution is 5.27. The van der Waals surface area contributed by atoms with Gasteiger partial charge in [0, 0.05) is 25.0 Å². The van der Waals surface area contributed by atoms with Crippen LogP contribution in [0.5, 0.6) is 0 Å². The third-order valence-corrected chi connectivity index (χ3v) is 3.20. The Morgan fingerprint density at radius 2 is 2.33 bits per heavy atom. The number of anilines is 1. The fourth-order valence-corrected chi connectivity index (χ4v) is 1.97. The van der Waals surface area contributed by atoms with Gasteiger partial charge < -0.3 is 9.88 Å². The SMILES string of the molecule is CCC(CC1CC1)Nc1nccn1CC. The van der Waals surface area contributed by atoms with Crippen LogP contribution in [0.4, 0.5) is 5.95 Å². The number of nitrogens with zero attached hydrogens (tertiary/aromatic N) is 2. The first-order chi connectivity index (χ1) is 7.33. The van der Waals surface area contributed by atoms with Crippen molar-refractivity contribution in [3.05, 3.63) is 12.4 Å². The lowest BCUT2D eigenvalue weighted by Gasteiger charge is -2.17. The molecule has 15 heavy (non-hydrogen) atoms. The van der Waals surface area contributed by atoms with Crippen LogP contribution in [0.25, 0.3) is 0 Å². The molecule has 0 aromatic carbocycles. The Hall–Kier alpha value is -0.990.